The number of ether oxygens (including phenoxy) is 1. The Labute approximate surface area is 101 Å². The summed E-state index contributed by atoms with van der Waals surface area (Å²) in [7, 11) is 0. The third-order valence-electron chi connectivity index (χ3n) is 2.78. The fraction of sp³-hybridized carbons (Fsp3) is 0.818. The highest BCUT2D eigenvalue weighted by atomic mass is 16.5. The number of nitrogens with zero attached hydrogens (tertiary/aromatic N) is 1. The summed E-state index contributed by atoms with van der Waals surface area (Å²) in [5.74, 6) is 0.0952. The minimum Gasteiger partial charge on any atom is -0.448 e. The average molecular weight is 243 g/mol. The summed E-state index contributed by atoms with van der Waals surface area (Å²) in [6.07, 6.45) is 2.07. The zero-order valence-electron chi connectivity index (χ0n) is 10.3. The van der Waals surface area contributed by atoms with Gasteiger partial charge in [-0.3, -0.25) is 4.79 Å². The van der Waals surface area contributed by atoms with Crippen LogP contribution in [0.15, 0.2) is 0 Å². The van der Waals surface area contributed by atoms with Crippen LogP contribution in [-0.2, 0) is 9.53 Å². The molecule has 1 saturated heterocycles. The summed E-state index contributed by atoms with van der Waals surface area (Å²) in [5.41, 5.74) is 4.86. The van der Waals surface area contributed by atoms with E-state index in [0.717, 1.165) is 32.4 Å². The Balaban J connectivity index is 2.33. The zero-order valence-corrected chi connectivity index (χ0v) is 10.3. The van der Waals surface area contributed by atoms with Gasteiger partial charge in [-0.15, -0.1) is 0 Å². The standard InChI is InChI=1S/C11H21N3O3/c1-2-5-13-9-4-3-6-14(10(9)15)7-8-17-11(12)16/h9,13H,2-8H2,1H3,(H2,12,16). The zero-order chi connectivity index (χ0) is 12.7. The molecule has 1 unspecified atom stereocenters. The number of likely N-dealkylation sites (tertiary alicyclic amines) is 1. The van der Waals surface area contributed by atoms with Gasteiger partial charge in [-0.05, 0) is 25.8 Å². The summed E-state index contributed by atoms with van der Waals surface area (Å²) in [6, 6.07) is -0.0859. The van der Waals surface area contributed by atoms with Crippen molar-refractivity contribution in [1.82, 2.24) is 10.2 Å². The molecule has 0 saturated carbocycles. The van der Waals surface area contributed by atoms with Gasteiger partial charge >= 0.3 is 6.09 Å². The van der Waals surface area contributed by atoms with E-state index in [0.29, 0.717) is 6.54 Å². The van der Waals surface area contributed by atoms with E-state index in [-0.39, 0.29) is 18.6 Å². The van der Waals surface area contributed by atoms with Gasteiger partial charge < -0.3 is 20.7 Å². The number of hydrogen-bond acceptors (Lipinski definition) is 4. The monoisotopic (exact) mass is 243 g/mol. The van der Waals surface area contributed by atoms with Crippen LogP contribution in [0.4, 0.5) is 4.79 Å². The summed E-state index contributed by atoms with van der Waals surface area (Å²) in [5, 5.41) is 3.23. The molecule has 0 spiro atoms. The molecule has 0 radical (unpaired) electrons. The molecule has 0 aromatic heterocycles. The molecule has 0 aromatic carbocycles. The van der Waals surface area contributed by atoms with Crippen LogP contribution in [0.25, 0.3) is 0 Å². The van der Waals surface area contributed by atoms with E-state index in [9.17, 15) is 9.59 Å². The summed E-state index contributed by atoms with van der Waals surface area (Å²) in [4.78, 5) is 24.1. The second kappa shape index (κ2) is 7.11. The molecular weight excluding hydrogens is 222 g/mol. The number of amides is 2. The summed E-state index contributed by atoms with van der Waals surface area (Å²) < 4.78 is 4.63. The SMILES string of the molecule is CCCNC1CCCN(CCOC(N)=O)C1=O. The van der Waals surface area contributed by atoms with Crippen molar-refractivity contribution in [3.8, 4) is 0 Å². The van der Waals surface area contributed by atoms with Crippen LogP contribution in [0, 0.1) is 0 Å². The van der Waals surface area contributed by atoms with E-state index in [4.69, 9.17) is 5.73 Å². The molecule has 2 amide bonds. The lowest BCUT2D eigenvalue weighted by molar-refractivity contribution is -0.136. The number of nitrogens with one attached hydrogen (secondary N) is 1. The molecule has 3 N–H and O–H groups in total. The molecule has 17 heavy (non-hydrogen) atoms. The second-order valence-electron chi connectivity index (χ2n) is 4.14. The van der Waals surface area contributed by atoms with Crippen LogP contribution in [0.1, 0.15) is 26.2 Å². The van der Waals surface area contributed by atoms with Crippen molar-refractivity contribution in [2.45, 2.75) is 32.2 Å². The van der Waals surface area contributed by atoms with Gasteiger partial charge in [0.2, 0.25) is 5.91 Å². The van der Waals surface area contributed by atoms with Crippen LogP contribution >= 0.6 is 0 Å². The smallest absolute Gasteiger partial charge is 0.404 e. The van der Waals surface area contributed by atoms with Crippen LogP contribution in [-0.4, -0.2) is 49.2 Å². The van der Waals surface area contributed by atoms with Crippen molar-refractivity contribution in [2.24, 2.45) is 5.73 Å². The number of carbonyl (C=O) groups is 2. The Morgan fingerprint density at radius 3 is 3.06 bits per heavy atom. The first kappa shape index (κ1) is 13.8. The van der Waals surface area contributed by atoms with Crippen molar-refractivity contribution in [3.05, 3.63) is 0 Å². The normalized spacial score (nSPS) is 20.4. The van der Waals surface area contributed by atoms with Gasteiger partial charge in [0.25, 0.3) is 0 Å². The number of carbonyl (C=O) groups excluding carboxylic acids is 2. The molecule has 1 rings (SSSR count). The van der Waals surface area contributed by atoms with Gasteiger partial charge in [0.1, 0.15) is 6.61 Å². The lowest BCUT2D eigenvalue weighted by Crippen LogP contribution is -2.51. The number of rotatable bonds is 6. The van der Waals surface area contributed by atoms with E-state index >= 15 is 0 Å². The molecule has 1 aliphatic rings. The van der Waals surface area contributed by atoms with Crippen LogP contribution in [0.5, 0.6) is 0 Å². The van der Waals surface area contributed by atoms with Crippen molar-refractivity contribution in [2.75, 3.05) is 26.2 Å². The molecule has 98 valence electrons. The minimum atomic E-state index is -0.796. The molecule has 6 nitrogen and oxygen atoms in total. The maximum absolute atomic E-state index is 12.0. The van der Waals surface area contributed by atoms with Gasteiger partial charge in [0.15, 0.2) is 0 Å². The van der Waals surface area contributed by atoms with E-state index < -0.39 is 6.09 Å². The van der Waals surface area contributed by atoms with Gasteiger partial charge in [0.05, 0.1) is 12.6 Å². The number of primary amides is 1. The molecule has 1 atom stereocenters. The van der Waals surface area contributed by atoms with Crippen molar-refractivity contribution in [3.63, 3.8) is 0 Å². The van der Waals surface area contributed by atoms with Crippen molar-refractivity contribution in [1.29, 1.82) is 0 Å². The lowest BCUT2D eigenvalue weighted by Gasteiger charge is -2.32. The van der Waals surface area contributed by atoms with Crippen LogP contribution in [0.2, 0.25) is 0 Å². The van der Waals surface area contributed by atoms with E-state index in [2.05, 4.69) is 17.0 Å². The van der Waals surface area contributed by atoms with Crippen LogP contribution < -0.4 is 11.1 Å². The Morgan fingerprint density at radius 1 is 1.65 bits per heavy atom. The second-order valence-corrected chi connectivity index (χ2v) is 4.14. The fourth-order valence-electron chi connectivity index (χ4n) is 1.93. The Morgan fingerprint density at radius 2 is 2.41 bits per heavy atom. The molecule has 6 heteroatoms. The third-order valence-corrected chi connectivity index (χ3v) is 2.78. The van der Waals surface area contributed by atoms with Gasteiger partial charge in [-0.2, -0.15) is 0 Å². The van der Waals surface area contributed by atoms with E-state index in [1.165, 1.54) is 0 Å². The van der Waals surface area contributed by atoms with Crippen molar-refractivity contribution >= 4 is 12.0 Å². The Kier molecular flexibility index (Phi) is 5.76. The average Bonchev–Trinajstić information content (AvgIpc) is 2.29. The first-order valence-electron chi connectivity index (χ1n) is 6.09. The molecule has 1 heterocycles. The molecule has 0 aliphatic carbocycles. The molecule has 0 aromatic rings. The highest BCUT2D eigenvalue weighted by molar-refractivity contribution is 5.82. The number of piperidine rings is 1. The maximum Gasteiger partial charge on any atom is 0.404 e. The molecule has 0 bridgehead atoms. The maximum atomic E-state index is 12.0. The number of nitrogens with two attached hydrogens (primary N) is 1. The molecule has 1 aliphatic heterocycles. The first-order valence-corrected chi connectivity index (χ1v) is 6.09. The fourth-order valence-corrected chi connectivity index (χ4v) is 1.93. The van der Waals surface area contributed by atoms with Gasteiger partial charge in [0, 0.05) is 6.54 Å². The largest absolute Gasteiger partial charge is 0.448 e. The topological polar surface area (TPSA) is 84.7 Å². The van der Waals surface area contributed by atoms with Gasteiger partial charge in [-0.25, -0.2) is 4.79 Å². The lowest BCUT2D eigenvalue weighted by atomic mass is 10.0. The minimum absolute atomic E-state index is 0.0859. The summed E-state index contributed by atoms with van der Waals surface area (Å²) >= 11 is 0. The Hall–Kier alpha value is -1.30. The van der Waals surface area contributed by atoms with Crippen LogP contribution in [0.3, 0.4) is 0 Å². The molecular formula is C11H21N3O3. The third kappa shape index (κ3) is 4.60. The number of hydrogen-bond donors (Lipinski definition) is 2. The Bertz CT molecular complexity index is 271. The van der Waals surface area contributed by atoms with E-state index in [1.54, 1.807) is 4.90 Å². The predicted octanol–water partition coefficient (Wildman–Crippen LogP) is 0.0723. The highest BCUT2D eigenvalue weighted by Crippen LogP contribution is 2.11. The first-order chi connectivity index (χ1) is 8.15. The van der Waals surface area contributed by atoms with Crippen molar-refractivity contribution < 1.29 is 14.3 Å². The predicted molar refractivity (Wildman–Crippen MR) is 63.4 cm³/mol. The highest BCUT2D eigenvalue weighted by Gasteiger charge is 2.27. The van der Waals surface area contributed by atoms with Gasteiger partial charge in [-0.1, -0.05) is 6.92 Å². The summed E-state index contributed by atoms with van der Waals surface area (Å²) in [6.45, 7) is 4.24. The quantitative estimate of drug-likeness (QED) is 0.691. The van der Waals surface area contributed by atoms with E-state index in [1.807, 2.05) is 0 Å². The molecule has 1 fully saturated rings.